The maximum absolute atomic E-state index is 6.23. The number of rotatable bonds is 3. The molecule has 1 saturated heterocycles. The van der Waals surface area contributed by atoms with Gasteiger partial charge in [-0.05, 0) is 74.9 Å². The Kier molecular flexibility index (Phi) is 4.95. The van der Waals surface area contributed by atoms with Crippen molar-refractivity contribution in [2.24, 2.45) is 22.5 Å². The third-order valence-corrected chi connectivity index (χ3v) is 7.01. The monoisotopic (exact) mass is 292 g/mol. The fraction of sp³-hybridized carbons (Fsp3) is 1.00. The Labute approximate surface area is 131 Å². The van der Waals surface area contributed by atoms with Crippen molar-refractivity contribution in [3.63, 3.8) is 0 Å². The first-order valence-corrected chi connectivity index (χ1v) is 9.58. The first kappa shape index (κ1) is 15.8. The first-order valence-electron chi connectivity index (χ1n) is 9.58. The molecule has 0 aromatic rings. The molecule has 2 aliphatic carbocycles. The zero-order valence-electron chi connectivity index (χ0n) is 14.2. The quantitative estimate of drug-likeness (QED) is 0.845. The van der Waals surface area contributed by atoms with Crippen LogP contribution in [0.25, 0.3) is 0 Å². The van der Waals surface area contributed by atoms with Crippen LogP contribution in [0, 0.1) is 16.7 Å². The zero-order chi connectivity index (χ0) is 14.8. The van der Waals surface area contributed by atoms with Crippen LogP contribution < -0.4 is 5.73 Å². The van der Waals surface area contributed by atoms with Gasteiger partial charge in [-0.25, -0.2) is 0 Å². The Balaban J connectivity index is 1.54. The van der Waals surface area contributed by atoms with Crippen molar-refractivity contribution in [1.29, 1.82) is 0 Å². The van der Waals surface area contributed by atoms with Crippen LogP contribution in [0.2, 0.25) is 0 Å². The fourth-order valence-electron chi connectivity index (χ4n) is 5.62. The standard InChI is InChI=1S/C19H36N2/c1-17-6-5-9-19(14-17,15-20)16-21-12-10-18(11-13-21)7-3-2-4-8-18/h17H,2-16,20H2,1H3. The molecule has 2 saturated carbocycles. The van der Waals surface area contributed by atoms with Crippen molar-refractivity contribution >= 4 is 0 Å². The van der Waals surface area contributed by atoms with Gasteiger partial charge >= 0.3 is 0 Å². The minimum absolute atomic E-state index is 0.439. The summed E-state index contributed by atoms with van der Waals surface area (Å²) >= 11 is 0. The van der Waals surface area contributed by atoms with Gasteiger partial charge in [-0.1, -0.05) is 39.0 Å². The van der Waals surface area contributed by atoms with Crippen LogP contribution in [0.5, 0.6) is 0 Å². The highest BCUT2D eigenvalue weighted by molar-refractivity contribution is 4.93. The molecule has 3 fully saturated rings. The molecule has 0 bridgehead atoms. The Morgan fingerprint density at radius 1 is 0.952 bits per heavy atom. The Hall–Kier alpha value is -0.0800. The summed E-state index contributed by atoms with van der Waals surface area (Å²) in [5, 5.41) is 0. The van der Waals surface area contributed by atoms with Crippen molar-refractivity contribution in [1.82, 2.24) is 4.90 Å². The van der Waals surface area contributed by atoms with E-state index in [2.05, 4.69) is 11.8 Å². The summed E-state index contributed by atoms with van der Waals surface area (Å²) in [7, 11) is 0. The molecule has 122 valence electrons. The fourth-order valence-corrected chi connectivity index (χ4v) is 5.62. The summed E-state index contributed by atoms with van der Waals surface area (Å²) in [5.41, 5.74) is 7.41. The first-order chi connectivity index (χ1) is 10.2. The maximum Gasteiger partial charge on any atom is 0.00502 e. The van der Waals surface area contributed by atoms with E-state index in [1.54, 1.807) is 0 Å². The lowest BCUT2D eigenvalue weighted by molar-refractivity contribution is 0.0259. The average Bonchev–Trinajstić information content (AvgIpc) is 2.51. The molecule has 1 aliphatic heterocycles. The van der Waals surface area contributed by atoms with Crippen LogP contribution in [0.15, 0.2) is 0 Å². The summed E-state index contributed by atoms with van der Waals surface area (Å²) < 4.78 is 0. The van der Waals surface area contributed by atoms with E-state index in [0.29, 0.717) is 5.41 Å². The number of hydrogen-bond acceptors (Lipinski definition) is 2. The zero-order valence-corrected chi connectivity index (χ0v) is 14.2. The molecule has 2 unspecified atom stereocenters. The largest absolute Gasteiger partial charge is 0.330 e. The number of likely N-dealkylation sites (tertiary alicyclic amines) is 1. The van der Waals surface area contributed by atoms with Crippen LogP contribution >= 0.6 is 0 Å². The van der Waals surface area contributed by atoms with Gasteiger partial charge in [-0.2, -0.15) is 0 Å². The summed E-state index contributed by atoms with van der Waals surface area (Å²) in [5.74, 6) is 0.886. The van der Waals surface area contributed by atoms with E-state index in [0.717, 1.165) is 17.9 Å². The van der Waals surface area contributed by atoms with Crippen LogP contribution in [-0.2, 0) is 0 Å². The highest BCUT2D eigenvalue weighted by atomic mass is 15.1. The van der Waals surface area contributed by atoms with Crippen LogP contribution in [0.1, 0.15) is 77.6 Å². The third-order valence-electron chi connectivity index (χ3n) is 7.01. The molecule has 21 heavy (non-hydrogen) atoms. The van der Waals surface area contributed by atoms with Gasteiger partial charge in [-0.3, -0.25) is 0 Å². The van der Waals surface area contributed by atoms with Crippen molar-refractivity contribution in [3.05, 3.63) is 0 Å². The lowest BCUT2D eigenvalue weighted by atomic mass is 9.67. The number of piperidine rings is 1. The molecule has 3 rings (SSSR count). The summed E-state index contributed by atoms with van der Waals surface area (Å²) in [6.45, 7) is 7.30. The minimum Gasteiger partial charge on any atom is -0.330 e. The Morgan fingerprint density at radius 3 is 2.29 bits per heavy atom. The Bertz CT molecular complexity index is 324. The summed E-state index contributed by atoms with van der Waals surface area (Å²) in [6.07, 6.45) is 16.0. The average molecular weight is 293 g/mol. The SMILES string of the molecule is CC1CCCC(CN)(CN2CCC3(CCCCC3)CC2)C1. The van der Waals surface area contributed by atoms with Crippen LogP contribution in [0.4, 0.5) is 0 Å². The molecule has 2 N–H and O–H groups in total. The second-order valence-electron chi connectivity index (χ2n) is 8.74. The van der Waals surface area contributed by atoms with E-state index in [9.17, 15) is 0 Å². The molecule has 0 aromatic heterocycles. The van der Waals surface area contributed by atoms with Gasteiger partial charge in [0.15, 0.2) is 0 Å². The second kappa shape index (κ2) is 6.58. The van der Waals surface area contributed by atoms with E-state index >= 15 is 0 Å². The lowest BCUT2D eigenvalue weighted by Crippen LogP contribution is -2.49. The molecular weight excluding hydrogens is 256 g/mol. The predicted molar refractivity (Wildman–Crippen MR) is 90.3 cm³/mol. The molecule has 2 nitrogen and oxygen atoms in total. The van der Waals surface area contributed by atoms with Crippen molar-refractivity contribution in [2.75, 3.05) is 26.2 Å². The third kappa shape index (κ3) is 3.64. The smallest absolute Gasteiger partial charge is 0.00502 e. The van der Waals surface area contributed by atoms with Crippen molar-refractivity contribution < 1.29 is 0 Å². The minimum atomic E-state index is 0.439. The van der Waals surface area contributed by atoms with Gasteiger partial charge in [0, 0.05) is 6.54 Å². The van der Waals surface area contributed by atoms with Gasteiger partial charge in [0.05, 0.1) is 0 Å². The number of nitrogens with zero attached hydrogens (tertiary/aromatic N) is 1. The molecule has 2 heteroatoms. The molecule has 1 heterocycles. The van der Waals surface area contributed by atoms with Gasteiger partial charge < -0.3 is 10.6 Å². The van der Waals surface area contributed by atoms with Gasteiger partial charge in [0.25, 0.3) is 0 Å². The molecular formula is C19H36N2. The normalized spacial score (nSPS) is 37.7. The van der Waals surface area contributed by atoms with Crippen molar-refractivity contribution in [2.45, 2.75) is 77.6 Å². The van der Waals surface area contributed by atoms with E-state index in [1.165, 1.54) is 90.3 Å². The number of nitrogens with two attached hydrogens (primary N) is 1. The van der Waals surface area contributed by atoms with Crippen LogP contribution in [0.3, 0.4) is 0 Å². The topological polar surface area (TPSA) is 29.3 Å². The summed E-state index contributed by atoms with van der Waals surface area (Å²) in [6, 6.07) is 0. The molecule has 1 spiro atoms. The van der Waals surface area contributed by atoms with E-state index in [-0.39, 0.29) is 0 Å². The number of hydrogen-bond donors (Lipinski definition) is 1. The van der Waals surface area contributed by atoms with E-state index in [4.69, 9.17) is 5.73 Å². The Morgan fingerprint density at radius 2 is 1.67 bits per heavy atom. The van der Waals surface area contributed by atoms with Gasteiger partial charge in [0.2, 0.25) is 0 Å². The predicted octanol–water partition coefficient (Wildman–Crippen LogP) is 4.19. The molecule has 0 amide bonds. The molecule has 0 radical (unpaired) electrons. The molecule has 3 aliphatic rings. The van der Waals surface area contributed by atoms with E-state index < -0.39 is 0 Å². The second-order valence-corrected chi connectivity index (χ2v) is 8.74. The van der Waals surface area contributed by atoms with Gasteiger partial charge in [0.1, 0.15) is 0 Å². The van der Waals surface area contributed by atoms with E-state index in [1.807, 2.05) is 0 Å². The highest BCUT2D eigenvalue weighted by Gasteiger charge is 2.39. The van der Waals surface area contributed by atoms with Crippen molar-refractivity contribution in [3.8, 4) is 0 Å². The van der Waals surface area contributed by atoms with Gasteiger partial charge in [-0.15, -0.1) is 0 Å². The summed E-state index contributed by atoms with van der Waals surface area (Å²) in [4.78, 5) is 2.77. The molecule has 2 atom stereocenters. The highest BCUT2D eigenvalue weighted by Crippen LogP contribution is 2.46. The maximum atomic E-state index is 6.23. The lowest BCUT2D eigenvalue weighted by Gasteiger charge is -2.48. The van der Waals surface area contributed by atoms with Crippen LogP contribution in [-0.4, -0.2) is 31.1 Å². The molecule has 0 aromatic carbocycles.